The van der Waals surface area contributed by atoms with Gasteiger partial charge in [0.25, 0.3) is 0 Å². The summed E-state index contributed by atoms with van der Waals surface area (Å²) in [5.41, 5.74) is 0. The standard InChI is InChI=1S/C38H70O4/c1-36(32-28-24-20-16-12-8-4-2-6-10-14-18-22-26-30-34-37(39)40)33-29-25-21-17-13-9-5-3-7-11-15-19-23-27-31-35-38(41)42/h2-3,6-7,36H,4-5,8-35H2,1H3,(H,39,40)(H,41,42)/b6-2-,7-3-. The van der Waals surface area contributed by atoms with Gasteiger partial charge in [0.15, 0.2) is 0 Å². The third-order valence-corrected chi connectivity index (χ3v) is 8.49. The average Bonchev–Trinajstić information content (AvgIpc) is 2.96. The highest BCUT2D eigenvalue weighted by molar-refractivity contribution is 5.66. The molecule has 0 aromatic heterocycles. The molecule has 0 heterocycles. The van der Waals surface area contributed by atoms with E-state index in [1.54, 1.807) is 0 Å². The fraction of sp³-hybridized carbons (Fsp3) is 0.842. The van der Waals surface area contributed by atoms with Crippen LogP contribution < -0.4 is 0 Å². The zero-order valence-electron chi connectivity index (χ0n) is 27.8. The lowest BCUT2D eigenvalue weighted by Crippen LogP contribution is -1.95. The van der Waals surface area contributed by atoms with Gasteiger partial charge in [0.2, 0.25) is 0 Å². The van der Waals surface area contributed by atoms with Crippen molar-refractivity contribution in [2.75, 3.05) is 0 Å². The molecule has 42 heavy (non-hydrogen) atoms. The topological polar surface area (TPSA) is 74.6 Å². The minimum absolute atomic E-state index is 0.324. The normalized spacial score (nSPS) is 11.9. The van der Waals surface area contributed by atoms with Gasteiger partial charge in [-0.05, 0) is 70.1 Å². The Bertz CT molecular complexity index is 585. The molecule has 0 aromatic carbocycles. The monoisotopic (exact) mass is 591 g/mol. The first kappa shape index (κ1) is 40.4. The molecular formula is C38H70O4. The van der Waals surface area contributed by atoms with E-state index in [4.69, 9.17) is 10.2 Å². The first-order valence-electron chi connectivity index (χ1n) is 18.3. The van der Waals surface area contributed by atoms with Crippen molar-refractivity contribution in [3.8, 4) is 0 Å². The molecule has 2 N–H and O–H groups in total. The third kappa shape index (κ3) is 36.4. The fourth-order valence-electron chi connectivity index (χ4n) is 5.68. The molecule has 246 valence electrons. The van der Waals surface area contributed by atoms with Gasteiger partial charge in [0, 0.05) is 12.8 Å². The number of aliphatic carboxylic acids is 2. The van der Waals surface area contributed by atoms with E-state index in [2.05, 4.69) is 31.2 Å². The summed E-state index contributed by atoms with van der Waals surface area (Å²) in [6, 6.07) is 0. The molecule has 0 fully saturated rings. The quantitative estimate of drug-likeness (QED) is 0.0577. The van der Waals surface area contributed by atoms with E-state index in [1.807, 2.05) is 0 Å². The van der Waals surface area contributed by atoms with E-state index in [0.29, 0.717) is 12.8 Å². The van der Waals surface area contributed by atoms with E-state index in [0.717, 1.165) is 31.6 Å². The molecule has 0 unspecified atom stereocenters. The van der Waals surface area contributed by atoms with Gasteiger partial charge in [0.1, 0.15) is 0 Å². The largest absolute Gasteiger partial charge is 0.481 e. The number of allylic oxidation sites excluding steroid dienone is 4. The van der Waals surface area contributed by atoms with Crippen molar-refractivity contribution in [3.63, 3.8) is 0 Å². The lowest BCUT2D eigenvalue weighted by atomic mass is 9.96. The smallest absolute Gasteiger partial charge is 0.303 e. The van der Waals surface area contributed by atoms with Gasteiger partial charge in [-0.15, -0.1) is 0 Å². The van der Waals surface area contributed by atoms with E-state index in [-0.39, 0.29) is 0 Å². The molecule has 0 aliphatic carbocycles. The first-order chi connectivity index (χ1) is 20.5. The SMILES string of the molecule is CC(CCCCCCCC/C=C\CCCCCCCC(=O)O)CCCCCCCC/C=C\CCCCCCCC(=O)O. The number of carbonyl (C=O) groups is 2. The van der Waals surface area contributed by atoms with Gasteiger partial charge in [-0.1, -0.05) is 147 Å². The van der Waals surface area contributed by atoms with Gasteiger partial charge in [-0.3, -0.25) is 9.59 Å². The van der Waals surface area contributed by atoms with Crippen LogP contribution in [-0.4, -0.2) is 22.2 Å². The Hall–Kier alpha value is -1.58. The minimum Gasteiger partial charge on any atom is -0.481 e. The van der Waals surface area contributed by atoms with Crippen molar-refractivity contribution < 1.29 is 19.8 Å². The molecule has 4 heteroatoms. The maximum Gasteiger partial charge on any atom is 0.303 e. The van der Waals surface area contributed by atoms with Crippen LogP contribution in [0.3, 0.4) is 0 Å². The van der Waals surface area contributed by atoms with Gasteiger partial charge >= 0.3 is 11.9 Å². The maximum atomic E-state index is 10.5. The third-order valence-electron chi connectivity index (χ3n) is 8.49. The van der Waals surface area contributed by atoms with Crippen LogP contribution in [0.5, 0.6) is 0 Å². The summed E-state index contributed by atoms with van der Waals surface area (Å²) in [5, 5.41) is 17.3. The molecule has 0 rings (SSSR count). The average molecular weight is 591 g/mol. The van der Waals surface area contributed by atoms with Crippen molar-refractivity contribution in [1.29, 1.82) is 0 Å². The summed E-state index contributed by atoms with van der Waals surface area (Å²) >= 11 is 0. The maximum absolute atomic E-state index is 10.5. The van der Waals surface area contributed by atoms with Gasteiger partial charge in [0.05, 0.1) is 0 Å². The Labute approximate surface area is 261 Å². The van der Waals surface area contributed by atoms with Crippen molar-refractivity contribution >= 4 is 11.9 Å². The van der Waals surface area contributed by atoms with Crippen molar-refractivity contribution in [3.05, 3.63) is 24.3 Å². The molecule has 0 aliphatic rings. The molecule has 0 aromatic rings. The summed E-state index contributed by atoms with van der Waals surface area (Å²) in [5.74, 6) is -0.435. The second-order valence-corrected chi connectivity index (χ2v) is 12.8. The highest BCUT2D eigenvalue weighted by Gasteiger charge is 2.02. The molecular weight excluding hydrogens is 520 g/mol. The molecule has 4 nitrogen and oxygen atoms in total. The Balaban J connectivity index is 3.25. The minimum atomic E-state index is -0.667. The molecule has 0 saturated carbocycles. The summed E-state index contributed by atoms with van der Waals surface area (Å²) in [4.78, 5) is 21.0. The van der Waals surface area contributed by atoms with Gasteiger partial charge < -0.3 is 10.2 Å². The molecule has 0 saturated heterocycles. The summed E-state index contributed by atoms with van der Waals surface area (Å²) < 4.78 is 0. The van der Waals surface area contributed by atoms with Crippen LogP contribution in [0.25, 0.3) is 0 Å². The molecule has 0 bridgehead atoms. The second-order valence-electron chi connectivity index (χ2n) is 12.8. The highest BCUT2D eigenvalue weighted by Crippen LogP contribution is 2.19. The van der Waals surface area contributed by atoms with Gasteiger partial charge in [-0.25, -0.2) is 0 Å². The lowest BCUT2D eigenvalue weighted by molar-refractivity contribution is -0.138. The van der Waals surface area contributed by atoms with Crippen LogP contribution >= 0.6 is 0 Å². The second kappa shape index (κ2) is 33.9. The summed E-state index contributed by atoms with van der Waals surface area (Å²) in [7, 11) is 0. The van der Waals surface area contributed by atoms with E-state index in [9.17, 15) is 9.59 Å². The molecule has 0 radical (unpaired) electrons. The number of carboxylic acid groups (broad SMARTS) is 2. The number of rotatable bonds is 34. The van der Waals surface area contributed by atoms with Crippen LogP contribution in [0.4, 0.5) is 0 Å². The molecule has 0 aliphatic heterocycles. The Morgan fingerprint density at radius 1 is 0.405 bits per heavy atom. The molecule has 0 spiro atoms. The Kier molecular flexibility index (Phi) is 32.6. The van der Waals surface area contributed by atoms with Crippen molar-refractivity contribution in [1.82, 2.24) is 0 Å². The molecule has 0 atom stereocenters. The van der Waals surface area contributed by atoms with E-state index >= 15 is 0 Å². The number of carboxylic acids is 2. The zero-order chi connectivity index (χ0) is 30.8. The van der Waals surface area contributed by atoms with Crippen LogP contribution in [0.15, 0.2) is 24.3 Å². The predicted octanol–water partition coefficient (Wildman–Crippen LogP) is 12.6. The Morgan fingerprint density at radius 3 is 0.929 bits per heavy atom. The van der Waals surface area contributed by atoms with Gasteiger partial charge in [-0.2, -0.15) is 0 Å². The number of hydrogen-bond acceptors (Lipinski definition) is 2. The van der Waals surface area contributed by atoms with E-state index in [1.165, 1.54) is 154 Å². The zero-order valence-corrected chi connectivity index (χ0v) is 27.8. The lowest BCUT2D eigenvalue weighted by Gasteiger charge is -2.11. The van der Waals surface area contributed by atoms with Crippen molar-refractivity contribution in [2.45, 2.75) is 200 Å². The van der Waals surface area contributed by atoms with Crippen molar-refractivity contribution in [2.24, 2.45) is 5.92 Å². The first-order valence-corrected chi connectivity index (χ1v) is 18.3. The molecule has 0 amide bonds. The Morgan fingerprint density at radius 2 is 0.643 bits per heavy atom. The highest BCUT2D eigenvalue weighted by atomic mass is 16.4. The summed E-state index contributed by atoms with van der Waals surface area (Å²) in [6.45, 7) is 2.46. The van der Waals surface area contributed by atoms with E-state index < -0.39 is 11.9 Å². The van der Waals surface area contributed by atoms with Crippen LogP contribution in [-0.2, 0) is 9.59 Å². The van der Waals surface area contributed by atoms with Crippen LogP contribution in [0.1, 0.15) is 200 Å². The van der Waals surface area contributed by atoms with Crippen LogP contribution in [0.2, 0.25) is 0 Å². The fourth-order valence-corrected chi connectivity index (χ4v) is 5.68. The predicted molar refractivity (Wildman–Crippen MR) is 181 cm³/mol. The number of unbranched alkanes of at least 4 members (excludes halogenated alkanes) is 22. The summed E-state index contributed by atoms with van der Waals surface area (Å²) in [6.07, 6.45) is 45.4. The van der Waals surface area contributed by atoms with Crippen LogP contribution in [0, 0.1) is 5.92 Å². The number of hydrogen-bond donors (Lipinski definition) is 2.